The van der Waals surface area contributed by atoms with Gasteiger partial charge in [0.15, 0.2) is 17.6 Å². The van der Waals surface area contributed by atoms with Crippen LogP contribution in [0.25, 0.3) is 0 Å². The summed E-state index contributed by atoms with van der Waals surface area (Å²) < 4.78 is 11.0. The first-order valence-electron chi connectivity index (χ1n) is 10.8. The number of para-hydroxylation sites is 2. The molecule has 0 aliphatic carbocycles. The molecule has 3 aromatic rings. The molecular formula is C27H30N2O4. The number of rotatable bonds is 7. The third-order valence-corrected chi connectivity index (χ3v) is 5.14. The molecule has 1 unspecified atom stereocenters. The molecule has 0 saturated carbocycles. The molecule has 6 heteroatoms. The molecule has 33 heavy (non-hydrogen) atoms. The SMILES string of the molecule is COc1ccccc1OC(C)C(=O)Nc1cccc(NC(=O)c2ccc(C(C)(C)C)cc2)c1. The van der Waals surface area contributed by atoms with Gasteiger partial charge >= 0.3 is 0 Å². The Morgan fingerprint density at radius 2 is 1.42 bits per heavy atom. The minimum Gasteiger partial charge on any atom is -0.493 e. The van der Waals surface area contributed by atoms with Crippen LogP contribution in [-0.2, 0) is 10.2 Å². The number of hydrogen-bond donors (Lipinski definition) is 2. The topological polar surface area (TPSA) is 76.7 Å². The Morgan fingerprint density at radius 1 is 0.818 bits per heavy atom. The van der Waals surface area contributed by atoms with E-state index in [-0.39, 0.29) is 17.2 Å². The smallest absolute Gasteiger partial charge is 0.265 e. The van der Waals surface area contributed by atoms with Crippen LogP contribution in [0, 0.1) is 0 Å². The molecule has 2 amide bonds. The van der Waals surface area contributed by atoms with Crippen molar-refractivity contribution in [3.63, 3.8) is 0 Å². The maximum atomic E-state index is 12.7. The fourth-order valence-electron chi connectivity index (χ4n) is 3.20. The van der Waals surface area contributed by atoms with E-state index in [1.54, 1.807) is 50.4 Å². The van der Waals surface area contributed by atoms with Gasteiger partial charge in [-0.1, -0.05) is 51.1 Å². The summed E-state index contributed by atoms with van der Waals surface area (Å²) >= 11 is 0. The van der Waals surface area contributed by atoms with Crippen molar-refractivity contribution in [3.05, 3.63) is 83.9 Å². The molecule has 2 N–H and O–H groups in total. The van der Waals surface area contributed by atoms with Gasteiger partial charge in [0.2, 0.25) is 0 Å². The molecule has 3 rings (SSSR count). The number of carbonyl (C=O) groups is 2. The van der Waals surface area contributed by atoms with Crippen LogP contribution in [0.15, 0.2) is 72.8 Å². The molecule has 1 atom stereocenters. The normalized spacial score (nSPS) is 11.9. The van der Waals surface area contributed by atoms with Crippen LogP contribution < -0.4 is 20.1 Å². The van der Waals surface area contributed by atoms with Gasteiger partial charge in [0.1, 0.15) is 0 Å². The van der Waals surface area contributed by atoms with Gasteiger partial charge in [-0.15, -0.1) is 0 Å². The Balaban J connectivity index is 1.63. The highest BCUT2D eigenvalue weighted by molar-refractivity contribution is 6.04. The highest BCUT2D eigenvalue weighted by atomic mass is 16.5. The van der Waals surface area contributed by atoms with Crippen LogP contribution in [0.1, 0.15) is 43.6 Å². The molecule has 0 aliphatic rings. The average molecular weight is 447 g/mol. The van der Waals surface area contributed by atoms with Crippen LogP contribution in [0.2, 0.25) is 0 Å². The Kier molecular flexibility index (Phi) is 7.38. The molecule has 0 spiro atoms. The van der Waals surface area contributed by atoms with E-state index >= 15 is 0 Å². The Hall–Kier alpha value is -3.80. The summed E-state index contributed by atoms with van der Waals surface area (Å²) in [5.41, 5.74) is 2.88. The van der Waals surface area contributed by atoms with Crippen LogP contribution in [-0.4, -0.2) is 25.0 Å². The summed E-state index contributed by atoms with van der Waals surface area (Å²) in [7, 11) is 1.55. The summed E-state index contributed by atoms with van der Waals surface area (Å²) in [5, 5.41) is 5.70. The number of carbonyl (C=O) groups excluding carboxylic acids is 2. The predicted octanol–water partition coefficient (Wildman–Crippen LogP) is 5.65. The van der Waals surface area contributed by atoms with Gasteiger partial charge in [-0.25, -0.2) is 0 Å². The molecule has 0 radical (unpaired) electrons. The minimum absolute atomic E-state index is 0.0219. The number of methoxy groups -OCH3 is 1. The molecule has 0 aromatic heterocycles. The zero-order chi connectivity index (χ0) is 24.0. The van der Waals surface area contributed by atoms with Crippen molar-refractivity contribution in [1.29, 1.82) is 0 Å². The quantitative estimate of drug-likeness (QED) is 0.492. The summed E-state index contributed by atoms with van der Waals surface area (Å²) in [6, 6.07) is 21.7. The predicted molar refractivity (Wildman–Crippen MR) is 131 cm³/mol. The number of ether oxygens (including phenoxy) is 2. The lowest BCUT2D eigenvalue weighted by molar-refractivity contribution is -0.122. The second-order valence-electron chi connectivity index (χ2n) is 8.76. The number of amides is 2. The monoisotopic (exact) mass is 446 g/mol. The Morgan fingerprint density at radius 3 is 2.03 bits per heavy atom. The fraction of sp³-hybridized carbons (Fsp3) is 0.259. The number of benzene rings is 3. The third-order valence-electron chi connectivity index (χ3n) is 5.14. The van der Waals surface area contributed by atoms with Gasteiger partial charge in [-0.05, 0) is 60.4 Å². The molecule has 0 bridgehead atoms. The van der Waals surface area contributed by atoms with Crippen LogP contribution in [0.3, 0.4) is 0 Å². The molecular weight excluding hydrogens is 416 g/mol. The first kappa shape index (κ1) is 23.9. The molecule has 3 aromatic carbocycles. The van der Waals surface area contributed by atoms with E-state index in [0.717, 1.165) is 5.56 Å². The zero-order valence-corrected chi connectivity index (χ0v) is 19.6. The first-order chi connectivity index (χ1) is 15.7. The van der Waals surface area contributed by atoms with E-state index in [9.17, 15) is 9.59 Å². The highest BCUT2D eigenvalue weighted by Gasteiger charge is 2.18. The van der Waals surface area contributed by atoms with Gasteiger partial charge < -0.3 is 20.1 Å². The van der Waals surface area contributed by atoms with Crippen LogP contribution >= 0.6 is 0 Å². The van der Waals surface area contributed by atoms with Crippen molar-refractivity contribution >= 4 is 23.2 Å². The maximum absolute atomic E-state index is 12.7. The Labute approximate surface area is 194 Å². The fourth-order valence-corrected chi connectivity index (χ4v) is 3.20. The van der Waals surface area contributed by atoms with E-state index in [1.165, 1.54) is 0 Å². The highest BCUT2D eigenvalue weighted by Crippen LogP contribution is 2.27. The average Bonchev–Trinajstić information content (AvgIpc) is 2.79. The Bertz CT molecular complexity index is 1120. The number of hydrogen-bond acceptors (Lipinski definition) is 4. The number of nitrogens with one attached hydrogen (secondary N) is 2. The van der Waals surface area contributed by atoms with Crippen molar-refractivity contribution in [2.24, 2.45) is 0 Å². The lowest BCUT2D eigenvalue weighted by atomic mass is 9.87. The van der Waals surface area contributed by atoms with E-state index in [1.807, 2.05) is 36.4 Å². The van der Waals surface area contributed by atoms with Gasteiger partial charge in [-0.2, -0.15) is 0 Å². The van der Waals surface area contributed by atoms with E-state index in [4.69, 9.17) is 9.47 Å². The first-order valence-corrected chi connectivity index (χ1v) is 10.8. The summed E-state index contributed by atoms with van der Waals surface area (Å²) in [4.78, 5) is 25.3. The van der Waals surface area contributed by atoms with Gasteiger partial charge in [0.25, 0.3) is 11.8 Å². The molecule has 0 heterocycles. The maximum Gasteiger partial charge on any atom is 0.265 e. The third kappa shape index (κ3) is 6.35. The van der Waals surface area contributed by atoms with E-state index in [0.29, 0.717) is 28.4 Å². The summed E-state index contributed by atoms with van der Waals surface area (Å²) in [5.74, 6) is 0.507. The number of anilines is 2. The second kappa shape index (κ2) is 10.2. The van der Waals surface area contributed by atoms with Crippen molar-refractivity contribution < 1.29 is 19.1 Å². The second-order valence-corrected chi connectivity index (χ2v) is 8.76. The van der Waals surface area contributed by atoms with Crippen LogP contribution in [0.5, 0.6) is 11.5 Å². The molecule has 0 fully saturated rings. The van der Waals surface area contributed by atoms with Gasteiger partial charge in [0.05, 0.1) is 7.11 Å². The largest absolute Gasteiger partial charge is 0.493 e. The summed E-state index contributed by atoms with van der Waals surface area (Å²) in [6.45, 7) is 8.05. The molecule has 0 saturated heterocycles. The van der Waals surface area contributed by atoms with E-state index in [2.05, 4.69) is 31.4 Å². The lowest BCUT2D eigenvalue weighted by Crippen LogP contribution is -2.30. The van der Waals surface area contributed by atoms with Gasteiger partial charge in [-0.3, -0.25) is 9.59 Å². The van der Waals surface area contributed by atoms with Gasteiger partial charge in [0, 0.05) is 16.9 Å². The van der Waals surface area contributed by atoms with Crippen molar-refractivity contribution in [3.8, 4) is 11.5 Å². The zero-order valence-electron chi connectivity index (χ0n) is 19.6. The van der Waals surface area contributed by atoms with Crippen molar-refractivity contribution in [1.82, 2.24) is 0 Å². The molecule has 6 nitrogen and oxygen atoms in total. The molecule has 172 valence electrons. The van der Waals surface area contributed by atoms with Crippen molar-refractivity contribution in [2.75, 3.05) is 17.7 Å². The molecule has 0 aliphatic heterocycles. The van der Waals surface area contributed by atoms with E-state index < -0.39 is 6.10 Å². The summed E-state index contributed by atoms with van der Waals surface area (Å²) in [6.07, 6.45) is -0.749. The van der Waals surface area contributed by atoms with Crippen molar-refractivity contribution in [2.45, 2.75) is 39.2 Å². The standard InChI is InChI=1S/C27H30N2O4/c1-18(33-24-12-7-6-11-23(24)32-5)25(30)28-21-9-8-10-22(17-21)29-26(31)19-13-15-20(16-14-19)27(2,3)4/h6-18H,1-5H3,(H,28,30)(H,29,31). The van der Waals surface area contributed by atoms with Crippen LogP contribution in [0.4, 0.5) is 11.4 Å². The minimum atomic E-state index is -0.749. The lowest BCUT2D eigenvalue weighted by Gasteiger charge is -2.19.